The molecule has 4 aromatic rings. The van der Waals surface area contributed by atoms with Gasteiger partial charge in [-0.3, -0.25) is 9.59 Å². The number of ether oxygens (including phenoxy) is 2. The van der Waals surface area contributed by atoms with Crippen LogP contribution in [0.3, 0.4) is 0 Å². The smallest absolute Gasteiger partial charge is 0.282 e. The van der Waals surface area contributed by atoms with Crippen molar-refractivity contribution in [2.75, 3.05) is 32.9 Å². The third kappa shape index (κ3) is 5.31. The predicted molar refractivity (Wildman–Crippen MR) is 146 cm³/mol. The van der Waals surface area contributed by atoms with E-state index in [0.717, 1.165) is 14.7 Å². The van der Waals surface area contributed by atoms with Gasteiger partial charge in [-0.1, -0.05) is 42.5 Å². The number of morpholine rings is 1. The van der Waals surface area contributed by atoms with Crippen LogP contribution in [0.1, 0.15) is 5.56 Å². The number of carbonyl (C=O) groups excluding carboxylic acids is 1. The third-order valence-electron chi connectivity index (χ3n) is 5.78. The van der Waals surface area contributed by atoms with Gasteiger partial charge in [-0.05, 0) is 58.5 Å². The number of hydrogen-bond donors (Lipinski definition) is 0. The highest BCUT2D eigenvalue weighted by molar-refractivity contribution is 14.1. The van der Waals surface area contributed by atoms with Gasteiger partial charge in [0.1, 0.15) is 5.75 Å². The van der Waals surface area contributed by atoms with Crippen LogP contribution in [-0.4, -0.2) is 59.6 Å². The average molecular weight is 594 g/mol. The molecule has 1 aliphatic rings. The molecule has 1 aliphatic heterocycles. The van der Waals surface area contributed by atoms with E-state index in [4.69, 9.17) is 14.5 Å². The van der Waals surface area contributed by atoms with E-state index >= 15 is 0 Å². The first kappa shape index (κ1) is 24.1. The van der Waals surface area contributed by atoms with Crippen molar-refractivity contribution in [2.45, 2.75) is 0 Å². The Kier molecular flexibility index (Phi) is 7.38. The Morgan fingerprint density at radius 3 is 2.58 bits per heavy atom. The summed E-state index contributed by atoms with van der Waals surface area (Å²) in [4.78, 5) is 32.1. The third-order valence-corrected chi connectivity index (χ3v) is 6.62. The van der Waals surface area contributed by atoms with Crippen LogP contribution < -0.4 is 10.3 Å². The first-order chi connectivity index (χ1) is 17.6. The van der Waals surface area contributed by atoms with Crippen molar-refractivity contribution in [1.82, 2.24) is 14.6 Å². The van der Waals surface area contributed by atoms with E-state index in [1.165, 1.54) is 4.68 Å². The van der Waals surface area contributed by atoms with Gasteiger partial charge < -0.3 is 14.4 Å². The van der Waals surface area contributed by atoms with Gasteiger partial charge in [-0.15, -0.1) is 0 Å². The van der Waals surface area contributed by atoms with Gasteiger partial charge in [0.15, 0.2) is 12.4 Å². The minimum Gasteiger partial charge on any atom is -0.483 e. The lowest BCUT2D eigenvalue weighted by Gasteiger charge is -2.26. The second kappa shape index (κ2) is 11.0. The molecular formula is C27H23IN4O4. The highest BCUT2D eigenvalue weighted by Crippen LogP contribution is 2.22. The molecule has 9 heteroatoms. The second-order valence-corrected chi connectivity index (χ2v) is 9.31. The standard InChI is InChI=1S/C27H23IN4O4/c28-22-16-19(10-11-24(22)36-18-25(33)31-12-14-35-15-13-31)17-29-32-26(20-6-2-1-3-7-20)30-23-9-5-4-8-21(23)27(32)34/h1-11,16-17H,12-15,18H2. The second-order valence-electron chi connectivity index (χ2n) is 8.15. The highest BCUT2D eigenvalue weighted by atomic mass is 127. The number of halogens is 1. The maximum absolute atomic E-state index is 13.3. The Balaban J connectivity index is 1.40. The van der Waals surface area contributed by atoms with Gasteiger partial charge in [0.05, 0.1) is 33.9 Å². The lowest BCUT2D eigenvalue weighted by Crippen LogP contribution is -2.43. The van der Waals surface area contributed by atoms with Crippen LogP contribution in [0.4, 0.5) is 0 Å². The Morgan fingerprint density at radius 2 is 1.81 bits per heavy atom. The van der Waals surface area contributed by atoms with Gasteiger partial charge >= 0.3 is 0 Å². The maximum Gasteiger partial charge on any atom is 0.282 e. The number of benzene rings is 3. The van der Waals surface area contributed by atoms with E-state index in [0.29, 0.717) is 48.8 Å². The number of hydrogen-bond acceptors (Lipinski definition) is 6. The van der Waals surface area contributed by atoms with Crippen molar-refractivity contribution in [3.63, 3.8) is 0 Å². The number of aromatic nitrogens is 2. The normalized spacial score (nSPS) is 13.9. The van der Waals surface area contributed by atoms with E-state index in [2.05, 4.69) is 27.7 Å². The number of carbonyl (C=O) groups is 1. The van der Waals surface area contributed by atoms with Crippen molar-refractivity contribution >= 4 is 45.6 Å². The van der Waals surface area contributed by atoms with Crippen LogP contribution >= 0.6 is 22.6 Å². The minimum absolute atomic E-state index is 0.0258. The Labute approximate surface area is 221 Å². The molecule has 1 fully saturated rings. The molecule has 0 radical (unpaired) electrons. The van der Waals surface area contributed by atoms with E-state index in [-0.39, 0.29) is 18.1 Å². The maximum atomic E-state index is 13.3. The molecule has 1 aromatic heterocycles. The summed E-state index contributed by atoms with van der Waals surface area (Å²) >= 11 is 2.16. The quantitative estimate of drug-likeness (QED) is 0.251. The summed E-state index contributed by atoms with van der Waals surface area (Å²) < 4.78 is 13.2. The molecule has 8 nitrogen and oxygen atoms in total. The minimum atomic E-state index is -0.244. The lowest BCUT2D eigenvalue weighted by atomic mass is 10.2. The van der Waals surface area contributed by atoms with Crippen LogP contribution in [0.2, 0.25) is 0 Å². The van der Waals surface area contributed by atoms with Crippen molar-refractivity contribution in [3.05, 3.63) is 92.3 Å². The molecule has 2 heterocycles. The van der Waals surface area contributed by atoms with Gasteiger partial charge in [-0.25, -0.2) is 4.98 Å². The van der Waals surface area contributed by atoms with Crippen molar-refractivity contribution in [2.24, 2.45) is 5.10 Å². The molecule has 1 amide bonds. The zero-order valence-electron chi connectivity index (χ0n) is 19.3. The van der Waals surface area contributed by atoms with Gasteiger partial charge in [-0.2, -0.15) is 9.78 Å². The van der Waals surface area contributed by atoms with Crippen LogP contribution in [-0.2, 0) is 9.53 Å². The van der Waals surface area contributed by atoms with Gasteiger partial charge in [0.2, 0.25) is 0 Å². The van der Waals surface area contributed by atoms with E-state index in [1.54, 1.807) is 23.2 Å². The first-order valence-corrected chi connectivity index (χ1v) is 12.6. The number of amides is 1. The fraction of sp³-hybridized carbons (Fsp3) is 0.185. The van der Waals surface area contributed by atoms with Gasteiger partial charge in [0.25, 0.3) is 11.5 Å². The number of para-hydroxylation sites is 1. The zero-order valence-corrected chi connectivity index (χ0v) is 21.5. The molecule has 36 heavy (non-hydrogen) atoms. The van der Waals surface area contributed by atoms with E-state index < -0.39 is 0 Å². The summed E-state index contributed by atoms with van der Waals surface area (Å²) in [6.07, 6.45) is 1.62. The van der Waals surface area contributed by atoms with Crippen molar-refractivity contribution in [3.8, 4) is 17.1 Å². The lowest BCUT2D eigenvalue weighted by molar-refractivity contribution is -0.137. The van der Waals surface area contributed by atoms with Crippen molar-refractivity contribution < 1.29 is 14.3 Å². The first-order valence-electron chi connectivity index (χ1n) is 11.5. The van der Waals surface area contributed by atoms with Crippen molar-refractivity contribution in [1.29, 1.82) is 0 Å². The highest BCUT2D eigenvalue weighted by Gasteiger charge is 2.18. The SMILES string of the molecule is O=C(COc1ccc(C=Nn2c(-c3ccccc3)nc3ccccc3c2=O)cc1I)N1CCOCC1. The average Bonchev–Trinajstić information content (AvgIpc) is 2.93. The molecule has 1 saturated heterocycles. The summed E-state index contributed by atoms with van der Waals surface area (Å²) in [6.45, 7) is 2.26. The summed E-state index contributed by atoms with van der Waals surface area (Å²) in [5.74, 6) is 1.02. The molecule has 0 aliphatic carbocycles. The molecule has 0 unspecified atom stereocenters. The fourth-order valence-electron chi connectivity index (χ4n) is 3.89. The van der Waals surface area contributed by atoms with Crippen LogP contribution in [0.5, 0.6) is 5.75 Å². The predicted octanol–water partition coefficient (Wildman–Crippen LogP) is 3.79. The summed E-state index contributed by atoms with van der Waals surface area (Å²) in [7, 11) is 0. The molecule has 0 N–H and O–H groups in total. The largest absolute Gasteiger partial charge is 0.483 e. The van der Waals surface area contributed by atoms with Gasteiger partial charge in [0, 0.05) is 18.7 Å². The Morgan fingerprint density at radius 1 is 1.06 bits per heavy atom. The molecule has 0 bridgehead atoms. The van der Waals surface area contributed by atoms with Crippen LogP contribution in [0.15, 0.2) is 82.7 Å². The molecule has 182 valence electrons. The summed E-state index contributed by atoms with van der Waals surface area (Å²) in [5.41, 5.74) is 1.95. The summed E-state index contributed by atoms with van der Waals surface area (Å²) in [5, 5.41) is 5.01. The van der Waals surface area contributed by atoms with E-state index in [1.807, 2.05) is 60.7 Å². The van der Waals surface area contributed by atoms with E-state index in [9.17, 15) is 9.59 Å². The molecule has 0 atom stereocenters. The number of fused-ring (bicyclic) bond motifs is 1. The molecule has 5 rings (SSSR count). The molecule has 3 aromatic carbocycles. The Hall–Kier alpha value is -3.57. The monoisotopic (exact) mass is 594 g/mol. The Bertz CT molecular complexity index is 1480. The molecular weight excluding hydrogens is 571 g/mol. The van der Waals surface area contributed by atoms with Crippen LogP contribution in [0.25, 0.3) is 22.3 Å². The zero-order chi connectivity index (χ0) is 24.9. The molecule has 0 saturated carbocycles. The summed E-state index contributed by atoms with van der Waals surface area (Å²) in [6, 6.07) is 22.3. The van der Waals surface area contributed by atoms with Crippen LogP contribution in [0, 0.1) is 3.57 Å². The topological polar surface area (TPSA) is 86.0 Å². The molecule has 0 spiro atoms. The number of nitrogens with zero attached hydrogens (tertiary/aromatic N) is 4. The number of rotatable bonds is 6. The fourth-order valence-corrected chi connectivity index (χ4v) is 4.58.